The Morgan fingerprint density at radius 1 is 1.75 bits per heavy atom. The van der Waals surface area contributed by atoms with Gasteiger partial charge in [-0.2, -0.15) is 0 Å². The van der Waals surface area contributed by atoms with Gasteiger partial charge in [-0.1, -0.05) is 0 Å². The average Bonchev–Trinajstić information content (AvgIpc) is 2.37. The number of hydrogen-bond donors (Lipinski definition) is 1. The quantitative estimate of drug-likeness (QED) is 0.611. The van der Waals surface area contributed by atoms with Crippen molar-refractivity contribution in [3.63, 3.8) is 0 Å². The second-order valence-corrected chi connectivity index (χ2v) is 2.79. The lowest BCUT2D eigenvalue weighted by molar-refractivity contribution is -0.145. The summed E-state index contributed by atoms with van der Waals surface area (Å²) in [7, 11) is 0. The van der Waals surface area contributed by atoms with Crippen LogP contribution in [0.4, 0.5) is 0 Å². The zero-order valence-electron chi connectivity index (χ0n) is 7.13. The van der Waals surface area contributed by atoms with Crippen LogP contribution in [-0.4, -0.2) is 25.0 Å². The van der Waals surface area contributed by atoms with E-state index in [9.17, 15) is 9.59 Å². The van der Waals surface area contributed by atoms with E-state index >= 15 is 0 Å². The first-order valence-electron chi connectivity index (χ1n) is 4.17. The summed E-state index contributed by atoms with van der Waals surface area (Å²) in [6.07, 6.45) is 0.970. The molecule has 0 aromatic heterocycles. The molecule has 1 amide bonds. The van der Waals surface area contributed by atoms with Gasteiger partial charge in [0.25, 0.3) is 0 Å². The first-order valence-corrected chi connectivity index (χ1v) is 4.17. The van der Waals surface area contributed by atoms with E-state index in [0.717, 1.165) is 6.42 Å². The Kier molecular flexibility index (Phi) is 3.08. The smallest absolute Gasteiger partial charge is 0.306 e. The molecule has 1 N–H and O–H groups in total. The fourth-order valence-electron chi connectivity index (χ4n) is 1.26. The number of nitrogens with one attached hydrogen (secondary N) is 1. The van der Waals surface area contributed by atoms with Crippen LogP contribution in [0.25, 0.3) is 0 Å². The van der Waals surface area contributed by atoms with Gasteiger partial charge in [-0.25, -0.2) is 0 Å². The molecule has 0 saturated carbocycles. The van der Waals surface area contributed by atoms with Crippen LogP contribution in [0.15, 0.2) is 0 Å². The molecule has 4 heteroatoms. The van der Waals surface area contributed by atoms with Gasteiger partial charge in [0.15, 0.2) is 0 Å². The summed E-state index contributed by atoms with van der Waals surface area (Å²) >= 11 is 0. The average molecular weight is 171 g/mol. The summed E-state index contributed by atoms with van der Waals surface area (Å²) in [5, 5.41) is 2.67. The molecule has 1 aliphatic heterocycles. The van der Waals surface area contributed by atoms with Crippen molar-refractivity contribution >= 4 is 11.9 Å². The molecule has 1 heterocycles. The molecule has 1 saturated heterocycles. The third-order valence-electron chi connectivity index (χ3n) is 1.88. The van der Waals surface area contributed by atoms with Gasteiger partial charge >= 0.3 is 5.97 Å². The van der Waals surface area contributed by atoms with Crippen molar-refractivity contribution in [2.24, 2.45) is 5.92 Å². The van der Waals surface area contributed by atoms with E-state index in [1.54, 1.807) is 6.92 Å². The van der Waals surface area contributed by atoms with Crippen LogP contribution in [0.3, 0.4) is 0 Å². The predicted octanol–water partition coefficient (Wildman–Crippen LogP) is 0.0757. The lowest BCUT2D eigenvalue weighted by Crippen LogP contribution is -2.21. The Balaban J connectivity index is 2.30. The van der Waals surface area contributed by atoms with Crippen LogP contribution in [0.2, 0.25) is 0 Å². The number of rotatable bonds is 3. The van der Waals surface area contributed by atoms with Gasteiger partial charge < -0.3 is 10.1 Å². The highest BCUT2D eigenvalue weighted by atomic mass is 16.5. The van der Waals surface area contributed by atoms with Gasteiger partial charge in [-0.3, -0.25) is 9.59 Å². The lowest BCUT2D eigenvalue weighted by atomic mass is 10.0. The van der Waals surface area contributed by atoms with Gasteiger partial charge in [-0.05, 0) is 13.3 Å². The highest BCUT2D eigenvalue weighted by molar-refractivity contribution is 5.85. The summed E-state index contributed by atoms with van der Waals surface area (Å²) in [6, 6.07) is 0. The maximum Gasteiger partial charge on any atom is 0.306 e. The summed E-state index contributed by atoms with van der Waals surface area (Å²) < 4.78 is 4.73. The fraction of sp³-hybridized carbons (Fsp3) is 0.750. The van der Waals surface area contributed by atoms with Gasteiger partial charge in [0.05, 0.1) is 18.9 Å². The first kappa shape index (κ1) is 9.03. The van der Waals surface area contributed by atoms with Crippen LogP contribution in [0, 0.1) is 5.92 Å². The maximum absolute atomic E-state index is 11.0. The normalized spacial score (nSPS) is 22.1. The molecule has 12 heavy (non-hydrogen) atoms. The van der Waals surface area contributed by atoms with E-state index in [0.29, 0.717) is 13.2 Å². The minimum atomic E-state index is -0.278. The molecule has 0 radical (unpaired) electrons. The van der Waals surface area contributed by atoms with E-state index in [-0.39, 0.29) is 24.2 Å². The van der Waals surface area contributed by atoms with Crippen molar-refractivity contribution in [1.29, 1.82) is 0 Å². The van der Waals surface area contributed by atoms with Crippen molar-refractivity contribution in [3.8, 4) is 0 Å². The van der Waals surface area contributed by atoms with Crippen LogP contribution in [0.5, 0.6) is 0 Å². The first-order chi connectivity index (χ1) is 5.74. The number of hydrogen-bond acceptors (Lipinski definition) is 3. The lowest BCUT2D eigenvalue weighted by Gasteiger charge is -2.04. The molecule has 0 aromatic carbocycles. The SMILES string of the molecule is CCOC(=O)CC1CCNC1=O. The van der Waals surface area contributed by atoms with Crippen LogP contribution >= 0.6 is 0 Å². The van der Waals surface area contributed by atoms with E-state index in [4.69, 9.17) is 4.74 Å². The van der Waals surface area contributed by atoms with Gasteiger partial charge in [0, 0.05) is 6.54 Å². The zero-order valence-corrected chi connectivity index (χ0v) is 7.13. The van der Waals surface area contributed by atoms with Gasteiger partial charge in [-0.15, -0.1) is 0 Å². The zero-order chi connectivity index (χ0) is 8.97. The predicted molar refractivity (Wildman–Crippen MR) is 42.4 cm³/mol. The third-order valence-corrected chi connectivity index (χ3v) is 1.88. The summed E-state index contributed by atoms with van der Waals surface area (Å²) in [4.78, 5) is 21.9. The largest absolute Gasteiger partial charge is 0.466 e. The van der Waals surface area contributed by atoms with Crippen molar-refractivity contribution in [2.45, 2.75) is 19.8 Å². The molecule has 68 valence electrons. The Morgan fingerprint density at radius 3 is 3.00 bits per heavy atom. The minimum absolute atomic E-state index is 0.0250. The van der Waals surface area contributed by atoms with Crippen molar-refractivity contribution in [2.75, 3.05) is 13.2 Å². The molecular weight excluding hydrogens is 158 g/mol. The van der Waals surface area contributed by atoms with Crippen LogP contribution < -0.4 is 5.32 Å². The highest BCUT2D eigenvalue weighted by Gasteiger charge is 2.26. The molecule has 1 aliphatic rings. The molecule has 0 aromatic rings. The topological polar surface area (TPSA) is 55.4 Å². The maximum atomic E-state index is 11.0. The summed E-state index contributed by atoms with van der Waals surface area (Å²) in [5.41, 5.74) is 0. The molecule has 1 unspecified atom stereocenters. The van der Waals surface area contributed by atoms with Crippen molar-refractivity contribution in [1.82, 2.24) is 5.32 Å². The Hall–Kier alpha value is -1.06. The monoisotopic (exact) mass is 171 g/mol. The minimum Gasteiger partial charge on any atom is -0.466 e. The molecule has 0 spiro atoms. The highest BCUT2D eigenvalue weighted by Crippen LogP contribution is 2.14. The molecule has 1 atom stereocenters. The van der Waals surface area contributed by atoms with Crippen LogP contribution in [0.1, 0.15) is 19.8 Å². The molecule has 1 fully saturated rings. The number of carbonyl (C=O) groups excluding carboxylic acids is 2. The fourth-order valence-corrected chi connectivity index (χ4v) is 1.26. The number of amides is 1. The van der Waals surface area contributed by atoms with E-state index in [2.05, 4.69) is 5.32 Å². The molecule has 1 rings (SSSR count). The molecular formula is C8H13NO3. The molecule has 0 bridgehead atoms. The van der Waals surface area contributed by atoms with Crippen molar-refractivity contribution < 1.29 is 14.3 Å². The standard InChI is InChI=1S/C8H13NO3/c1-2-12-7(10)5-6-3-4-9-8(6)11/h6H,2-5H2,1H3,(H,9,11). The Morgan fingerprint density at radius 2 is 2.50 bits per heavy atom. The van der Waals surface area contributed by atoms with E-state index < -0.39 is 0 Å². The van der Waals surface area contributed by atoms with E-state index in [1.807, 2.05) is 0 Å². The van der Waals surface area contributed by atoms with Gasteiger partial charge in [0.1, 0.15) is 0 Å². The number of esters is 1. The molecule has 0 aliphatic carbocycles. The summed E-state index contributed by atoms with van der Waals surface area (Å²) in [5.74, 6) is -0.466. The number of carbonyl (C=O) groups is 2. The Bertz CT molecular complexity index is 191. The van der Waals surface area contributed by atoms with E-state index in [1.165, 1.54) is 0 Å². The Labute approximate surface area is 71.3 Å². The second kappa shape index (κ2) is 4.09. The third kappa shape index (κ3) is 2.22. The second-order valence-electron chi connectivity index (χ2n) is 2.79. The van der Waals surface area contributed by atoms with Crippen LogP contribution in [-0.2, 0) is 14.3 Å². The number of ether oxygens (including phenoxy) is 1. The summed E-state index contributed by atoms with van der Waals surface area (Å²) in [6.45, 7) is 2.82. The molecule has 4 nitrogen and oxygen atoms in total. The van der Waals surface area contributed by atoms with Gasteiger partial charge in [0.2, 0.25) is 5.91 Å². The van der Waals surface area contributed by atoms with Crippen molar-refractivity contribution in [3.05, 3.63) is 0 Å².